The number of rotatable bonds is 6. The van der Waals surface area contributed by atoms with Crippen molar-refractivity contribution in [1.29, 1.82) is 0 Å². The molecule has 1 amide bonds. The van der Waals surface area contributed by atoms with Crippen molar-refractivity contribution in [2.75, 3.05) is 37.8 Å². The monoisotopic (exact) mass is 311 g/mol. The van der Waals surface area contributed by atoms with E-state index in [1.54, 1.807) is 0 Å². The van der Waals surface area contributed by atoms with Gasteiger partial charge in [-0.3, -0.25) is 4.79 Å². The molecule has 4 nitrogen and oxygen atoms in total. The van der Waals surface area contributed by atoms with Crippen LogP contribution in [0, 0.1) is 13.8 Å². The van der Waals surface area contributed by atoms with E-state index in [0.29, 0.717) is 5.56 Å². The maximum absolute atomic E-state index is 12.3. The predicted octanol–water partition coefficient (Wildman–Crippen LogP) is 3.53. The van der Waals surface area contributed by atoms with E-state index in [1.807, 2.05) is 70.4 Å². The summed E-state index contributed by atoms with van der Waals surface area (Å²) in [5.74, 6) is -0.0820. The summed E-state index contributed by atoms with van der Waals surface area (Å²) in [5, 5.41) is 6.28. The van der Waals surface area contributed by atoms with E-state index in [9.17, 15) is 4.79 Å². The Morgan fingerprint density at radius 2 is 1.61 bits per heavy atom. The van der Waals surface area contributed by atoms with E-state index in [1.165, 1.54) is 5.56 Å². The standard InChI is InChI=1S/C19H25N3O/c1-14-5-6-16(13-15(14)2)19(23)21-18-9-7-17(8-10-18)20-11-12-22(3)4/h5-10,13,20H,11-12H2,1-4H3,(H,21,23). The topological polar surface area (TPSA) is 44.4 Å². The molecule has 4 heteroatoms. The minimum Gasteiger partial charge on any atom is -0.384 e. The summed E-state index contributed by atoms with van der Waals surface area (Å²) in [4.78, 5) is 14.4. The number of nitrogens with one attached hydrogen (secondary N) is 2. The molecule has 2 aromatic carbocycles. The summed E-state index contributed by atoms with van der Waals surface area (Å²) in [5.41, 5.74) is 4.84. The minimum absolute atomic E-state index is 0.0820. The lowest BCUT2D eigenvalue weighted by molar-refractivity contribution is 0.102. The van der Waals surface area contributed by atoms with Gasteiger partial charge in [-0.15, -0.1) is 0 Å². The summed E-state index contributed by atoms with van der Waals surface area (Å²) in [6, 6.07) is 13.5. The number of nitrogens with zero attached hydrogens (tertiary/aromatic N) is 1. The molecule has 0 aliphatic heterocycles. The van der Waals surface area contributed by atoms with Gasteiger partial charge < -0.3 is 15.5 Å². The molecule has 0 radical (unpaired) electrons. The third-order valence-electron chi connectivity index (χ3n) is 3.80. The minimum atomic E-state index is -0.0820. The number of benzene rings is 2. The van der Waals surface area contributed by atoms with Crippen LogP contribution in [0.4, 0.5) is 11.4 Å². The van der Waals surface area contributed by atoms with Crippen molar-refractivity contribution in [3.63, 3.8) is 0 Å². The van der Waals surface area contributed by atoms with E-state index in [4.69, 9.17) is 0 Å². The fraction of sp³-hybridized carbons (Fsp3) is 0.316. The van der Waals surface area contributed by atoms with Crippen LogP contribution in [0.25, 0.3) is 0 Å². The Hall–Kier alpha value is -2.33. The Balaban J connectivity index is 1.94. The average molecular weight is 311 g/mol. The Kier molecular flexibility index (Phi) is 5.77. The van der Waals surface area contributed by atoms with E-state index < -0.39 is 0 Å². The molecule has 2 aromatic rings. The molecule has 0 aliphatic rings. The molecular weight excluding hydrogens is 286 g/mol. The fourth-order valence-corrected chi connectivity index (χ4v) is 2.18. The maximum Gasteiger partial charge on any atom is 0.255 e. The summed E-state index contributed by atoms with van der Waals surface area (Å²) >= 11 is 0. The summed E-state index contributed by atoms with van der Waals surface area (Å²) in [6.07, 6.45) is 0. The predicted molar refractivity (Wildman–Crippen MR) is 97.4 cm³/mol. The zero-order valence-electron chi connectivity index (χ0n) is 14.3. The van der Waals surface area contributed by atoms with Gasteiger partial charge in [-0.2, -0.15) is 0 Å². The van der Waals surface area contributed by atoms with Crippen LogP contribution in [-0.4, -0.2) is 38.0 Å². The van der Waals surface area contributed by atoms with Crippen LogP contribution >= 0.6 is 0 Å². The van der Waals surface area contributed by atoms with Crippen molar-refractivity contribution in [2.45, 2.75) is 13.8 Å². The van der Waals surface area contributed by atoms with Gasteiger partial charge in [0.1, 0.15) is 0 Å². The molecule has 0 spiro atoms. The van der Waals surface area contributed by atoms with Crippen molar-refractivity contribution in [1.82, 2.24) is 4.90 Å². The Morgan fingerprint density at radius 3 is 2.22 bits per heavy atom. The number of hydrogen-bond acceptors (Lipinski definition) is 3. The summed E-state index contributed by atoms with van der Waals surface area (Å²) < 4.78 is 0. The lowest BCUT2D eigenvalue weighted by atomic mass is 10.1. The lowest BCUT2D eigenvalue weighted by Crippen LogP contribution is -2.20. The zero-order valence-corrected chi connectivity index (χ0v) is 14.3. The summed E-state index contributed by atoms with van der Waals surface area (Å²) in [6.45, 7) is 5.92. The molecule has 0 bridgehead atoms. The average Bonchev–Trinajstić information content (AvgIpc) is 2.51. The number of carbonyl (C=O) groups is 1. The van der Waals surface area contributed by atoms with Crippen LogP contribution < -0.4 is 10.6 Å². The molecule has 0 aliphatic carbocycles. The molecule has 0 heterocycles. The number of likely N-dealkylation sites (N-methyl/N-ethyl adjacent to an activating group) is 1. The quantitative estimate of drug-likeness (QED) is 0.858. The molecule has 0 saturated heterocycles. The van der Waals surface area contributed by atoms with Gasteiger partial charge in [0, 0.05) is 30.0 Å². The lowest BCUT2D eigenvalue weighted by Gasteiger charge is -2.12. The summed E-state index contributed by atoms with van der Waals surface area (Å²) in [7, 11) is 4.10. The molecule has 2 N–H and O–H groups in total. The first kappa shape index (κ1) is 17.0. The van der Waals surface area contributed by atoms with Crippen molar-refractivity contribution in [3.05, 3.63) is 59.2 Å². The van der Waals surface area contributed by atoms with Crippen molar-refractivity contribution >= 4 is 17.3 Å². The van der Waals surface area contributed by atoms with E-state index in [0.717, 1.165) is 30.0 Å². The van der Waals surface area contributed by atoms with Crippen molar-refractivity contribution in [3.8, 4) is 0 Å². The second-order valence-electron chi connectivity index (χ2n) is 6.06. The number of carbonyl (C=O) groups excluding carboxylic acids is 1. The molecule has 122 valence electrons. The highest BCUT2D eigenvalue weighted by Gasteiger charge is 2.07. The third kappa shape index (κ3) is 5.11. The van der Waals surface area contributed by atoms with Crippen LogP contribution in [0.3, 0.4) is 0 Å². The molecule has 0 unspecified atom stereocenters. The molecule has 2 rings (SSSR count). The Bertz CT molecular complexity index is 663. The molecular formula is C19H25N3O. The van der Waals surface area contributed by atoms with Crippen LogP contribution in [-0.2, 0) is 0 Å². The zero-order chi connectivity index (χ0) is 16.8. The highest BCUT2D eigenvalue weighted by molar-refractivity contribution is 6.04. The normalized spacial score (nSPS) is 10.7. The molecule has 0 atom stereocenters. The van der Waals surface area contributed by atoms with Gasteiger partial charge in [0.2, 0.25) is 0 Å². The van der Waals surface area contributed by atoms with Crippen LogP contribution in [0.2, 0.25) is 0 Å². The number of aryl methyl sites for hydroxylation is 2. The first-order chi connectivity index (χ1) is 11.0. The number of hydrogen-bond donors (Lipinski definition) is 2. The first-order valence-electron chi connectivity index (χ1n) is 7.83. The first-order valence-corrected chi connectivity index (χ1v) is 7.83. The van der Waals surface area contributed by atoms with E-state index in [2.05, 4.69) is 15.5 Å². The number of amides is 1. The Labute approximate surface area is 138 Å². The van der Waals surface area contributed by atoms with Gasteiger partial charge in [0.15, 0.2) is 0 Å². The van der Waals surface area contributed by atoms with E-state index >= 15 is 0 Å². The molecule has 0 fully saturated rings. The SMILES string of the molecule is Cc1ccc(C(=O)Nc2ccc(NCCN(C)C)cc2)cc1C. The van der Waals surface area contributed by atoms with Gasteiger partial charge in [-0.05, 0) is 75.5 Å². The largest absolute Gasteiger partial charge is 0.384 e. The molecule has 0 aromatic heterocycles. The highest BCUT2D eigenvalue weighted by Crippen LogP contribution is 2.16. The van der Waals surface area contributed by atoms with Crippen molar-refractivity contribution < 1.29 is 4.79 Å². The van der Waals surface area contributed by atoms with Crippen molar-refractivity contribution in [2.24, 2.45) is 0 Å². The molecule has 0 saturated carbocycles. The van der Waals surface area contributed by atoms with Crippen LogP contribution in [0.15, 0.2) is 42.5 Å². The van der Waals surface area contributed by atoms with Crippen LogP contribution in [0.1, 0.15) is 21.5 Å². The van der Waals surface area contributed by atoms with Gasteiger partial charge >= 0.3 is 0 Å². The van der Waals surface area contributed by atoms with Gasteiger partial charge in [-0.25, -0.2) is 0 Å². The van der Waals surface area contributed by atoms with Gasteiger partial charge in [0.25, 0.3) is 5.91 Å². The van der Waals surface area contributed by atoms with Gasteiger partial charge in [0.05, 0.1) is 0 Å². The second kappa shape index (κ2) is 7.79. The molecule has 23 heavy (non-hydrogen) atoms. The smallest absolute Gasteiger partial charge is 0.255 e. The fourth-order valence-electron chi connectivity index (χ4n) is 2.18. The van der Waals surface area contributed by atoms with Gasteiger partial charge in [-0.1, -0.05) is 6.07 Å². The highest BCUT2D eigenvalue weighted by atomic mass is 16.1. The second-order valence-corrected chi connectivity index (χ2v) is 6.06. The third-order valence-corrected chi connectivity index (χ3v) is 3.80. The van der Waals surface area contributed by atoms with Crippen LogP contribution in [0.5, 0.6) is 0 Å². The van der Waals surface area contributed by atoms with E-state index in [-0.39, 0.29) is 5.91 Å². The maximum atomic E-state index is 12.3. The Morgan fingerprint density at radius 1 is 0.957 bits per heavy atom. The number of anilines is 2.